The average molecular weight is 341 g/mol. The Morgan fingerprint density at radius 1 is 1.43 bits per heavy atom. The first kappa shape index (κ1) is 17.9. The van der Waals surface area contributed by atoms with Crippen LogP contribution in [0.2, 0.25) is 0 Å². The standard InChI is InChI=1S/C15H23N3O4S/c1-22-8-7-17-23(20,21)13-4-2-3-12(9-13)15(19)18-14(10-16)11-5-6-11/h2-4,9,11,14,17H,5-8,10,16H2,1H3,(H,18,19). The Balaban J connectivity index is 2.07. The average Bonchev–Trinajstić information content (AvgIpc) is 3.37. The molecule has 1 amide bonds. The van der Waals surface area contributed by atoms with E-state index in [-0.39, 0.29) is 30.0 Å². The number of methoxy groups -OCH3 is 1. The highest BCUT2D eigenvalue weighted by atomic mass is 32.2. The van der Waals surface area contributed by atoms with Crippen LogP contribution in [0.1, 0.15) is 23.2 Å². The van der Waals surface area contributed by atoms with E-state index in [1.807, 2.05) is 0 Å². The molecular formula is C15H23N3O4S. The summed E-state index contributed by atoms with van der Waals surface area (Å²) in [6.45, 7) is 0.831. The second kappa shape index (κ2) is 7.87. The summed E-state index contributed by atoms with van der Waals surface area (Å²) in [7, 11) is -2.17. The van der Waals surface area contributed by atoms with Crippen LogP contribution in [0.4, 0.5) is 0 Å². The van der Waals surface area contributed by atoms with Crippen LogP contribution in [0.15, 0.2) is 29.2 Å². The van der Waals surface area contributed by atoms with Gasteiger partial charge in [-0.3, -0.25) is 4.79 Å². The number of nitrogens with one attached hydrogen (secondary N) is 2. The molecule has 1 atom stereocenters. The third-order valence-corrected chi connectivity index (χ3v) is 5.22. The topological polar surface area (TPSA) is 111 Å². The maximum atomic E-state index is 12.3. The Labute approximate surface area is 136 Å². The molecule has 0 heterocycles. The molecular weight excluding hydrogens is 318 g/mol. The molecule has 0 bridgehead atoms. The number of sulfonamides is 1. The second-order valence-electron chi connectivity index (χ2n) is 5.57. The number of hydrogen-bond donors (Lipinski definition) is 3. The van der Waals surface area contributed by atoms with Crippen molar-refractivity contribution < 1.29 is 17.9 Å². The quantitative estimate of drug-likeness (QED) is 0.551. The van der Waals surface area contributed by atoms with Crippen LogP contribution in [0.25, 0.3) is 0 Å². The largest absolute Gasteiger partial charge is 0.383 e. The molecule has 1 aliphatic rings. The van der Waals surface area contributed by atoms with E-state index >= 15 is 0 Å². The first-order valence-corrected chi connectivity index (χ1v) is 9.06. The van der Waals surface area contributed by atoms with Gasteiger partial charge in [-0.15, -0.1) is 0 Å². The zero-order valence-electron chi connectivity index (χ0n) is 13.1. The Morgan fingerprint density at radius 3 is 2.78 bits per heavy atom. The summed E-state index contributed by atoms with van der Waals surface area (Å²) in [5.41, 5.74) is 5.98. The summed E-state index contributed by atoms with van der Waals surface area (Å²) in [6, 6.07) is 5.90. The van der Waals surface area contributed by atoms with Gasteiger partial charge in [0, 0.05) is 31.8 Å². The zero-order valence-corrected chi connectivity index (χ0v) is 13.9. The number of ether oxygens (including phenoxy) is 1. The normalized spacial score (nSPS) is 16.1. The lowest BCUT2D eigenvalue weighted by Crippen LogP contribution is -2.41. The third kappa shape index (κ3) is 5.00. The molecule has 7 nitrogen and oxygen atoms in total. The van der Waals surface area contributed by atoms with Gasteiger partial charge in [-0.05, 0) is 37.0 Å². The van der Waals surface area contributed by atoms with Crippen molar-refractivity contribution in [3.63, 3.8) is 0 Å². The second-order valence-corrected chi connectivity index (χ2v) is 7.34. The maximum absolute atomic E-state index is 12.3. The Morgan fingerprint density at radius 2 is 2.17 bits per heavy atom. The van der Waals surface area contributed by atoms with Gasteiger partial charge in [0.05, 0.1) is 11.5 Å². The van der Waals surface area contributed by atoms with Gasteiger partial charge in [-0.25, -0.2) is 13.1 Å². The van der Waals surface area contributed by atoms with Gasteiger partial charge in [0.2, 0.25) is 10.0 Å². The maximum Gasteiger partial charge on any atom is 0.251 e. The van der Waals surface area contributed by atoms with Crippen LogP contribution in [0.5, 0.6) is 0 Å². The van der Waals surface area contributed by atoms with E-state index in [0.717, 1.165) is 12.8 Å². The monoisotopic (exact) mass is 341 g/mol. The molecule has 1 aliphatic carbocycles. The highest BCUT2D eigenvalue weighted by molar-refractivity contribution is 7.89. The Kier molecular flexibility index (Phi) is 6.11. The van der Waals surface area contributed by atoms with Gasteiger partial charge in [-0.2, -0.15) is 0 Å². The molecule has 4 N–H and O–H groups in total. The summed E-state index contributed by atoms with van der Waals surface area (Å²) < 4.78 is 31.6. The van der Waals surface area contributed by atoms with Gasteiger partial charge in [0.15, 0.2) is 0 Å². The number of carbonyl (C=O) groups excluding carboxylic acids is 1. The van der Waals surface area contributed by atoms with Gasteiger partial charge < -0.3 is 15.8 Å². The van der Waals surface area contributed by atoms with Gasteiger partial charge in [-0.1, -0.05) is 6.07 Å². The molecule has 0 saturated heterocycles. The molecule has 1 unspecified atom stereocenters. The molecule has 23 heavy (non-hydrogen) atoms. The van der Waals surface area contributed by atoms with Crippen molar-refractivity contribution in [2.24, 2.45) is 11.7 Å². The lowest BCUT2D eigenvalue weighted by Gasteiger charge is -2.16. The number of hydrogen-bond acceptors (Lipinski definition) is 5. The smallest absolute Gasteiger partial charge is 0.251 e. The Bertz CT molecular complexity index is 644. The van der Waals surface area contributed by atoms with Crippen molar-refractivity contribution in [3.05, 3.63) is 29.8 Å². The highest BCUT2D eigenvalue weighted by Gasteiger charge is 2.31. The first-order chi connectivity index (χ1) is 11.0. The van der Waals surface area contributed by atoms with Gasteiger partial charge >= 0.3 is 0 Å². The molecule has 0 aliphatic heterocycles. The molecule has 0 aromatic heterocycles. The number of nitrogens with two attached hydrogens (primary N) is 1. The van der Waals surface area contributed by atoms with Crippen molar-refractivity contribution in [1.82, 2.24) is 10.0 Å². The number of amides is 1. The van der Waals surface area contributed by atoms with Crippen molar-refractivity contribution in [2.45, 2.75) is 23.8 Å². The zero-order chi connectivity index (χ0) is 16.9. The minimum Gasteiger partial charge on any atom is -0.383 e. The van der Waals surface area contributed by atoms with Crippen LogP contribution in [-0.4, -0.2) is 47.2 Å². The fourth-order valence-electron chi connectivity index (χ4n) is 2.29. The molecule has 1 fully saturated rings. The van der Waals surface area contributed by atoms with Crippen LogP contribution in [-0.2, 0) is 14.8 Å². The van der Waals surface area contributed by atoms with Crippen molar-refractivity contribution in [2.75, 3.05) is 26.8 Å². The molecule has 8 heteroatoms. The summed E-state index contributed by atoms with van der Waals surface area (Å²) >= 11 is 0. The predicted octanol–water partition coefficient (Wildman–Crippen LogP) is 0.0784. The van der Waals surface area contributed by atoms with E-state index in [2.05, 4.69) is 10.0 Å². The lowest BCUT2D eigenvalue weighted by atomic mass is 10.1. The van der Waals surface area contributed by atoms with E-state index in [4.69, 9.17) is 10.5 Å². The number of benzene rings is 1. The molecule has 0 radical (unpaired) electrons. The predicted molar refractivity (Wildman–Crippen MR) is 86.5 cm³/mol. The molecule has 1 aromatic carbocycles. The summed E-state index contributed by atoms with van der Waals surface area (Å²) in [5.74, 6) is 0.132. The summed E-state index contributed by atoms with van der Waals surface area (Å²) in [4.78, 5) is 12.3. The minimum atomic E-state index is -3.66. The van der Waals surface area contributed by atoms with Crippen molar-refractivity contribution >= 4 is 15.9 Å². The van der Waals surface area contributed by atoms with Crippen LogP contribution >= 0.6 is 0 Å². The highest BCUT2D eigenvalue weighted by Crippen LogP contribution is 2.32. The van der Waals surface area contributed by atoms with E-state index in [1.165, 1.54) is 19.2 Å². The molecule has 1 aromatic rings. The molecule has 2 rings (SSSR count). The minimum absolute atomic E-state index is 0.0528. The Hall–Kier alpha value is -1.48. The van der Waals surface area contributed by atoms with E-state index in [0.29, 0.717) is 18.0 Å². The first-order valence-electron chi connectivity index (χ1n) is 7.57. The van der Waals surface area contributed by atoms with Crippen LogP contribution < -0.4 is 15.8 Å². The molecule has 128 valence electrons. The summed E-state index contributed by atoms with van der Waals surface area (Å²) in [5, 5.41) is 2.88. The summed E-state index contributed by atoms with van der Waals surface area (Å²) in [6.07, 6.45) is 2.14. The van der Waals surface area contributed by atoms with Gasteiger partial charge in [0.25, 0.3) is 5.91 Å². The fourth-order valence-corrected chi connectivity index (χ4v) is 3.34. The van der Waals surface area contributed by atoms with E-state index in [9.17, 15) is 13.2 Å². The fraction of sp³-hybridized carbons (Fsp3) is 0.533. The van der Waals surface area contributed by atoms with Crippen molar-refractivity contribution in [3.8, 4) is 0 Å². The van der Waals surface area contributed by atoms with Crippen LogP contribution in [0.3, 0.4) is 0 Å². The van der Waals surface area contributed by atoms with E-state index in [1.54, 1.807) is 12.1 Å². The SMILES string of the molecule is COCCNS(=O)(=O)c1cccc(C(=O)NC(CN)C2CC2)c1. The van der Waals surface area contributed by atoms with Crippen molar-refractivity contribution in [1.29, 1.82) is 0 Å². The third-order valence-electron chi connectivity index (χ3n) is 3.77. The molecule has 0 spiro atoms. The van der Waals surface area contributed by atoms with Gasteiger partial charge in [0.1, 0.15) is 0 Å². The van der Waals surface area contributed by atoms with E-state index < -0.39 is 10.0 Å². The van der Waals surface area contributed by atoms with Crippen LogP contribution in [0, 0.1) is 5.92 Å². The lowest BCUT2D eigenvalue weighted by molar-refractivity contribution is 0.0933. The number of rotatable bonds is 9. The molecule has 1 saturated carbocycles. The number of carbonyl (C=O) groups is 1.